The quantitative estimate of drug-likeness (QED) is 0.721. The number of hydrogen-bond acceptors (Lipinski definition) is 2. The molecule has 0 fully saturated rings. The van der Waals surface area contributed by atoms with Crippen LogP contribution in [-0.4, -0.2) is 4.98 Å². The van der Waals surface area contributed by atoms with Crippen LogP contribution in [-0.2, 0) is 18.8 Å². The normalized spacial score (nSPS) is 12.3. The predicted molar refractivity (Wildman–Crippen MR) is 43.6 cm³/mol. The van der Waals surface area contributed by atoms with Crippen LogP contribution >= 0.6 is 0 Å². The Morgan fingerprint density at radius 2 is 1.41 bits per heavy atom. The van der Waals surface area contributed by atoms with Gasteiger partial charge in [0.1, 0.15) is 0 Å². The maximum atomic E-state index is 12.4. The molecular formula is C9H4F6N2. The Labute approximate surface area is 91.5 Å². The third-order valence-corrected chi connectivity index (χ3v) is 1.92. The molecule has 0 unspecified atom stereocenters. The molecule has 0 spiro atoms. The Hall–Kier alpha value is -1.78. The Morgan fingerprint density at radius 3 is 1.71 bits per heavy atom. The molecule has 1 heterocycles. The summed E-state index contributed by atoms with van der Waals surface area (Å²) in [5, 5.41) is 8.29. The molecule has 17 heavy (non-hydrogen) atoms. The first-order valence-electron chi connectivity index (χ1n) is 4.16. The molecule has 1 aromatic rings. The fourth-order valence-electron chi connectivity index (χ4n) is 1.25. The van der Waals surface area contributed by atoms with Crippen molar-refractivity contribution in [2.24, 2.45) is 0 Å². The number of pyridine rings is 1. The molecule has 0 radical (unpaired) electrons. The summed E-state index contributed by atoms with van der Waals surface area (Å²) >= 11 is 0. The van der Waals surface area contributed by atoms with Crippen LogP contribution in [0.25, 0.3) is 0 Å². The van der Waals surface area contributed by atoms with E-state index >= 15 is 0 Å². The molecule has 2 nitrogen and oxygen atoms in total. The van der Waals surface area contributed by atoms with Crippen LogP contribution < -0.4 is 0 Å². The topological polar surface area (TPSA) is 36.7 Å². The summed E-state index contributed by atoms with van der Waals surface area (Å²) < 4.78 is 74.5. The van der Waals surface area contributed by atoms with E-state index in [1.54, 1.807) is 0 Å². The summed E-state index contributed by atoms with van der Waals surface area (Å²) in [7, 11) is 0. The molecule has 1 rings (SSSR count). The lowest BCUT2D eigenvalue weighted by atomic mass is 10.0. The van der Waals surface area contributed by atoms with Crippen LogP contribution in [0.3, 0.4) is 0 Å². The summed E-state index contributed by atoms with van der Waals surface area (Å²) in [6.45, 7) is 0. The van der Waals surface area contributed by atoms with Gasteiger partial charge in [-0.05, 0) is 5.56 Å². The molecule has 1 aromatic heterocycles. The Bertz CT molecular complexity index is 422. The van der Waals surface area contributed by atoms with Gasteiger partial charge in [0.05, 0.1) is 23.6 Å². The number of halogens is 6. The number of aromatic nitrogens is 1. The highest BCUT2D eigenvalue weighted by atomic mass is 19.4. The minimum atomic E-state index is -4.97. The van der Waals surface area contributed by atoms with E-state index in [1.165, 1.54) is 6.07 Å². The van der Waals surface area contributed by atoms with Gasteiger partial charge in [0.15, 0.2) is 0 Å². The lowest BCUT2D eigenvalue weighted by Crippen LogP contribution is -2.17. The van der Waals surface area contributed by atoms with Gasteiger partial charge in [0, 0.05) is 12.4 Å². The highest BCUT2D eigenvalue weighted by molar-refractivity contribution is 5.37. The molecular weight excluding hydrogens is 250 g/mol. The van der Waals surface area contributed by atoms with Crippen molar-refractivity contribution < 1.29 is 26.3 Å². The molecule has 0 aliphatic rings. The van der Waals surface area contributed by atoms with E-state index in [0.29, 0.717) is 0 Å². The van der Waals surface area contributed by atoms with Gasteiger partial charge in [0.2, 0.25) is 0 Å². The molecule has 0 saturated carbocycles. The van der Waals surface area contributed by atoms with Crippen molar-refractivity contribution in [3.63, 3.8) is 0 Å². The lowest BCUT2D eigenvalue weighted by Gasteiger charge is -2.15. The fourth-order valence-corrected chi connectivity index (χ4v) is 1.25. The van der Waals surface area contributed by atoms with E-state index < -0.39 is 35.5 Å². The standard InChI is InChI=1S/C9H4F6N2/c10-8(11,12)6-3-17-4-7(9(13,14)15)5(6)1-2-16/h3-4H,1H2. The molecule has 92 valence electrons. The number of nitrogens with zero attached hydrogens (tertiary/aromatic N) is 2. The maximum Gasteiger partial charge on any atom is 0.418 e. The van der Waals surface area contributed by atoms with Crippen LogP contribution in [0.5, 0.6) is 0 Å². The van der Waals surface area contributed by atoms with Gasteiger partial charge in [-0.15, -0.1) is 0 Å². The molecule has 0 aliphatic carbocycles. The average Bonchev–Trinajstić information content (AvgIpc) is 2.15. The Morgan fingerprint density at radius 1 is 1.00 bits per heavy atom. The van der Waals surface area contributed by atoms with Gasteiger partial charge in [-0.2, -0.15) is 31.6 Å². The van der Waals surface area contributed by atoms with E-state index in [1.807, 2.05) is 0 Å². The van der Waals surface area contributed by atoms with Crippen LogP contribution in [0.15, 0.2) is 12.4 Å². The largest absolute Gasteiger partial charge is 0.418 e. The minimum Gasteiger partial charge on any atom is -0.263 e. The van der Waals surface area contributed by atoms with Crippen LogP contribution in [0.2, 0.25) is 0 Å². The highest BCUT2D eigenvalue weighted by Gasteiger charge is 2.40. The molecule has 8 heteroatoms. The second-order valence-corrected chi connectivity index (χ2v) is 3.04. The number of hydrogen-bond donors (Lipinski definition) is 0. The maximum absolute atomic E-state index is 12.4. The molecule has 0 bridgehead atoms. The zero-order valence-electron chi connectivity index (χ0n) is 8.02. The van der Waals surface area contributed by atoms with Crippen LogP contribution in [0.4, 0.5) is 26.3 Å². The predicted octanol–water partition coefficient (Wildman–Crippen LogP) is 3.19. The van der Waals surface area contributed by atoms with Crippen molar-refractivity contribution in [1.82, 2.24) is 4.98 Å². The Kier molecular flexibility index (Phi) is 3.31. The van der Waals surface area contributed by atoms with Crippen molar-refractivity contribution in [2.45, 2.75) is 18.8 Å². The summed E-state index contributed by atoms with van der Waals surface area (Å²) in [5.74, 6) is 0. The third kappa shape index (κ3) is 2.87. The van der Waals surface area contributed by atoms with Gasteiger partial charge in [-0.25, -0.2) is 0 Å². The average molecular weight is 254 g/mol. The van der Waals surface area contributed by atoms with Gasteiger partial charge < -0.3 is 0 Å². The van der Waals surface area contributed by atoms with Crippen molar-refractivity contribution in [3.05, 3.63) is 29.1 Å². The van der Waals surface area contributed by atoms with Crippen molar-refractivity contribution >= 4 is 0 Å². The van der Waals surface area contributed by atoms with Crippen molar-refractivity contribution in [1.29, 1.82) is 5.26 Å². The monoisotopic (exact) mass is 254 g/mol. The summed E-state index contributed by atoms with van der Waals surface area (Å²) in [4.78, 5) is 2.91. The summed E-state index contributed by atoms with van der Waals surface area (Å²) in [5.41, 5.74) is -4.16. The van der Waals surface area contributed by atoms with E-state index in [9.17, 15) is 26.3 Å². The van der Waals surface area contributed by atoms with Crippen molar-refractivity contribution in [2.75, 3.05) is 0 Å². The molecule has 0 aliphatic heterocycles. The summed E-state index contributed by atoms with van der Waals surface area (Å²) in [6.07, 6.45) is -10.4. The second-order valence-electron chi connectivity index (χ2n) is 3.04. The highest BCUT2D eigenvalue weighted by Crippen LogP contribution is 2.38. The number of rotatable bonds is 1. The zero-order chi connectivity index (χ0) is 13.3. The van der Waals surface area contributed by atoms with Gasteiger partial charge in [0.25, 0.3) is 0 Å². The Balaban J connectivity index is 3.50. The van der Waals surface area contributed by atoms with E-state index in [0.717, 1.165) is 0 Å². The van der Waals surface area contributed by atoms with Crippen LogP contribution in [0, 0.1) is 11.3 Å². The first kappa shape index (κ1) is 13.3. The van der Waals surface area contributed by atoms with Crippen LogP contribution in [0.1, 0.15) is 16.7 Å². The van der Waals surface area contributed by atoms with Crippen molar-refractivity contribution in [3.8, 4) is 6.07 Å². The fraction of sp³-hybridized carbons (Fsp3) is 0.333. The van der Waals surface area contributed by atoms with Gasteiger partial charge in [-0.3, -0.25) is 4.98 Å². The molecule has 0 N–H and O–H groups in total. The number of nitriles is 1. The molecule has 0 saturated heterocycles. The van der Waals surface area contributed by atoms with Gasteiger partial charge in [-0.1, -0.05) is 0 Å². The lowest BCUT2D eigenvalue weighted by molar-refractivity contribution is -0.144. The first-order chi connectivity index (χ1) is 7.68. The zero-order valence-corrected chi connectivity index (χ0v) is 8.02. The SMILES string of the molecule is N#CCc1c(C(F)(F)F)cncc1C(F)(F)F. The molecule has 0 atom stereocenters. The summed E-state index contributed by atoms with van der Waals surface area (Å²) in [6, 6.07) is 1.28. The molecule has 0 aromatic carbocycles. The third-order valence-electron chi connectivity index (χ3n) is 1.92. The second kappa shape index (κ2) is 4.24. The smallest absolute Gasteiger partial charge is 0.263 e. The minimum absolute atomic E-state index is 0.280. The van der Waals surface area contributed by atoms with E-state index in [4.69, 9.17) is 5.26 Å². The van der Waals surface area contributed by atoms with E-state index in [2.05, 4.69) is 4.98 Å². The number of alkyl halides is 6. The van der Waals surface area contributed by atoms with Gasteiger partial charge >= 0.3 is 12.4 Å². The van der Waals surface area contributed by atoms with E-state index in [-0.39, 0.29) is 12.4 Å². The first-order valence-corrected chi connectivity index (χ1v) is 4.16. The molecule has 0 amide bonds.